The van der Waals surface area contributed by atoms with Crippen LogP contribution in [0.2, 0.25) is 0 Å². The second-order valence-electron chi connectivity index (χ2n) is 9.53. The van der Waals surface area contributed by atoms with E-state index in [1.807, 2.05) is 24.8 Å². The van der Waals surface area contributed by atoms with E-state index in [0.29, 0.717) is 11.1 Å². The van der Waals surface area contributed by atoms with Crippen molar-refractivity contribution in [1.29, 1.82) is 5.26 Å². The highest BCUT2D eigenvalue weighted by atomic mass is 32.2. The lowest BCUT2D eigenvalue weighted by atomic mass is 9.84. The van der Waals surface area contributed by atoms with Gasteiger partial charge < -0.3 is 10.6 Å². The minimum atomic E-state index is -1.07. The van der Waals surface area contributed by atoms with Crippen molar-refractivity contribution in [2.24, 2.45) is 22.6 Å². The molecule has 2 fully saturated rings. The Kier molecular flexibility index (Phi) is 5.67. The zero-order valence-electron chi connectivity index (χ0n) is 19.5. The van der Waals surface area contributed by atoms with Gasteiger partial charge in [0.2, 0.25) is 5.91 Å². The molecule has 1 aliphatic carbocycles. The summed E-state index contributed by atoms with van der Waals surface area (Å²) in [6.45, 7) is 5.26. The first kappa shape index (κ1) is 23.5. The van der Waals surface area contributed by atoms with E-state index in [2.05, 4.69) is 9.98 Å². The average Bonchev–Trinajstić information content (AvgIpc) is 3.19. The summed E-state index contributed by atoms with van der Waals surface area (Å²) >= 11 is 1.29. The van der Waals surface area contributed by atoms with Crippen LogP contribution in [0.25, 0.3) is 11.9 Å². The maximum absolute atomic E-state index is 15.2. The molecule has 1 saturated carbocycles. The van der Waals surface area contributed by atoms with Crippen molar-refractivity contribution < 1.29 is 13.6 Å². The summed E-state index contributed by atoms with van der Waals surface area (Å²) in [5.74, 6) is -1.33. The van der Waals surface area contributed by atoms with Gasteiger partial charge in [-0.25, -0.2) is 8.78 Å². The number of fused-ring (bicyclic) bond motifs is 1. The predicted molar refractivity (Wildman–Crippen MR) is 132 cm³/mol. The Morgan fingerprint density at radius 2 is 2.06 bits per heavy atom. The largest absolute Gasteiger partial charge is 0.378 e. The number of nitrogens with two attached hydrogens (primary N) is 1. The first-order chi connectivity index (χ1) is 16.7. The minimum absolute atomic E-state index is 0.0476. The number of carbonyl (C=O) groups excluding carboxylic acids is 1. The van der Waals surface area contributed by atoms with Gasteiger partial charge in [0.1, 0.15) is 22.5 Å². The van der Waals surface area contributed by atoms with Crippen molar-refractivity contribution >= 4 is 34.7 Å². The highest BCUT2D eigenvalue weighted by molar-refractivity contribution is 8.15. The van der Waals surface area contributed by atoms with Crippen LogP contribution in [0.3, 0.4) is 0 Å². The minimum Gasteiger partial charge on any atom is -0.378 e. The first-order valence-electron chi connectivity index (χ1n) is 11.6. The van der Waals surface area contributed by atoms with Crippen LogP contribution in [0.1, 0.15) is 49.1 Å². The number of carbonyl (C=O) groups is 1. The van der Waals surface area contributed by atoms with Gasteiger partial charge in [-0.05, 0) is 61.6 Å². The third kappa shape index (κ3) is 3.71. The quantitative estimate of drug-likeness (QED) is 0.678. The van der Waals surface area contributed by atoms with Crippen molar-refractivity contribution in [2.75, 3.05) is 13.1 Å². The Bertz CT molecular complexity index is 1300. The molecule has 9 heteroatoms. The van der Waals surface area contributed by atoms with Crippen LogP contribution < -0.4 is 5.73 Å². The summed E-state index contributed by atoms with van der Waals surface area (Å²) < 4.78 is 29.4. The van der Waals surface area contributed by atoms with Gasteiger partial charge in [0.05, 0.1) is 16.8 Å². The van der Waals surface area contributed by atoms with Crippen LogP contribution in [0.15, 0.2) is 41.5 Å². The van der Waals surface area contributed by atoms with Gasteiger partial charge in [-0.2, -0.15) is 5.26 Å². The Hall–Kier alpha value is -3.25. The van der Waals surface area contributed by atoms with Crippen molar-refractivity contribution in [2.45, 2.75) is 37.0 Å². The number of aromatic nitrogens is 1. The van der Waals surface area contributed by atoms with E-state index in [9.17, 15) is 9.18 Å². The average molecular weight is 494 g/mol. The number of benzene rings is 1. The molecule has 1 amide bonds. The van der Waals surface area contributed by atoms with Gasteiger partial charge in [0.15, 0.2) is 5.17 Å². The van der Waals surface area contributed by atoms with E-state index in [-0.39, 0.29) is 34.2 Å². The number of thioether (sulfide) groups is 1. The number of aliphatic imine (C=N–C) groups is 1. The molecule has 0 spiro atoms. The van der Waals surface area contributed by atoms with E-state index in [1.54, 1.807) is 6.07 Å². The Balaban J connectivity index is 1.51. The molecule has 2 N–H and O–H groups in total. The summed E-state index contributed by atoms with van der Waals surface area (Å²) in [5.41, 5.74) is 6.28. The number of nitrogens with zero attached hydrogens (tertiary/aromatic N) is 4. The summed E-state index contributed by atoms with van der Waals surface area (Å²) in [4.78, 5) is 24.1. The number of nitriles is 1. The molecular weight excluding hydrogens is 468 g/mol. The molecule has 1 saturated heterocycles. The number of pyridine rings is 1. The number of halogens is 2. The molecule has 35 heavy (non-hydrogen) atoms. The molecule has 0 radical (unpaired) electrons. The molecule has 2 aliphatic heterocycles. The third-order valence-electron chi connectivity index (χ3n) is 7.44. The lowest BCUT2D eigenvalue weighted by Crippen LogP contribution is -2.45. The molecular formula is C26H25F2N5OS. The van der Waals surface area contributed by atoms with E-state index < -0.39 is 21.9 Å². The second kappa shape index (κ2) is 8.45. The zero-order valence-corrected chi connectivity index (χ0v) is 20.3. The number of amides is 1. The van der Waals surface area contributed by atoms with Crippen molar-refractivity contribution in [3.05, 3.63) is 64.7 Å². The van der Waals surface area contributed by atoms with Crippen LogP contribution in [0.5, 0.6) is 0 Å². The summed E-state index contributed by atoms with van der Waals surface area (Å²) in [6.07, 6.45) is 4.52. The molecule has 5 rings (SSSR count). The topological polar surface area (TPSA) is 95.4 Å². The summed E-state index contributed by atoms with van der Waals surface area (Å²) in [5, 5.41) is 9.16. The fourth-order valence-corrected chi connectivity index (χ4v) is 7.31. The Morgan fingerprint density at radius 1 is 1.31 bits per heavy atom. The van der Waals surface area contributed by atoms with Crippen LogP contribution in [0, 0.1) is 29.0 Å². The summed E-state index contributed by atoms with van der Waals surface area (Å²) in [6, 6.07) is 9.19. The molecule has 1 unspecified atom stereocenters. The standard InChI is InChI=1S/C26H25F2N5OS/c1-15-22-25(2,32-24(30)35-26(15,22)23(34)33-9-3-4-10-33)18-11-16(5-7-19(18)27)12-20(28)21-8-6-17(13-29)14-31-21/h5-8,11-12,14-15,22H,3-4,9-10H2,1-2H3,(H2,30,32)/b20-12-/t15-,22?,25+,26-/m0/s1. The molecule has 6 nitrogen and oxygen atoms in total. The molecule has 3 aliphatic rings. The maximum atomic E-state index is 15.2. The van der Waals surface area contributed by atoms with Gasteiger partial charge in [-0.15, -0.1) is 0 Å². The van der Waals surface area contributed by atoms with Crippen LogP contribution in [-0.2, 0) is 10.3 Å². The molecule has 180 valence electrons. The van der Waals surface area contributed by atoms with Crippen LogP contribution >= 0.6 is 11.8 Å². The first-order valence-corrected chi connectivity index (χ1v) is 12.4. The van der Waals surface area contributed by atoms with Gasteiger partial charge in [0, 0.05) is 30.8 Å². The van der Waals surface area contributed by atoms with Crippen molar-refractivity contribution in [3.8, 4) is 6.07 Å². The number of rotatable bonds is 4. The van der Waals surface area contributed by atoms with E-state index in [0.717, 1.165) is 25.9 Å². The maximum Gasteiger partial charge on any atom is 0.239 e. The second-order valence-corrected chi connectivity index (χ2v) is 10.8. The normalized spacial score (nSPS) is 29.9. The van der Waals surface area contributed by atoms with Gasteiger partial charge in [-0.1, -0.05) is 24.8 Å². The molecule has 3 heterocycles. The molecule has 2 aromatic rings. The SMILES string of the molecule is C[C@H]1C2[C@@]1(C(=O)N1CCCC1)SC(N)=N[C@]2(C)c1cc(/C=C(\F)c2ccc(C#N)cn2)ccc1F. The van der Waals surface area contributed by atoms with Gasteiger partial charge in [-0.3, -0.25) is 14.8 Å². The Labute approximate surface area is 206 Å². The Morgan fingerprint density at radius 3 is 2.71 bits per heavy atom. The molecule has 1 aromatic heterocycles. The van der Waals surface area contributed by atoms with Gasteiger partial charge >= 0.3 is 0 Å². The smallest absolute Gasteiger partial charge is 0.239 e. The van der Waals surface area contributed by atoms with E-state index in [4.69, 9.17) is 11.0 Å². The van der Waals surface area contributed by atoms with Gasteiger partial charge in [0.25, 0.3) is 0 Å². The fourth-order valence-electron chi connectivity index (χ4n) is 5.69. The predicted octanol–water partition coefficient (Wildman–Crippen LogP) is 4.46. The highest BCUT2D eigenvalue weighted by Crippen LogP contribution is 2.70. The molecule has 0 bridgehead atoms. The number of hydrogen-bond acceptors (Lipinski definition) is 6. The fraction of sp³-hybridized carbons (Fsp3) is 0.385. The highest BCUT2D eigenvalue weighted by Gasteiger charge is 2.76. The van der Waals surface area contributed by atoms with E-state index in [1.165, 1.54) is 48.3 Å². The third-order valence-corrected chi connectivity index (χ3v) is 8.88. The number of amidine groups is 1. The lowest BCUT2D eigenvalue weighted by Gasteiger charge is -2.35. The number of likely N-dealkylation sites (tertiary alicyclic amines) is 1. The molecule has 4 atom stereocenters. The van der Waals surface area contributed by atoms with Crippen molar-refractivity contribution in [3.63, 3.8) is 0 Å². The molecule has 1 aromatic carbocycles. The monoisotopic (exact) mass is 493 g/mol. The summed E-state index contributed by atoms with van der Waals surface area (Å²) in [7, 11) is 0. The van der Waals surface area contributed by atoms with Crippen LogP contribution in [-0.4, -0.2) is 38.8 Å². The van der Waals surface area contributed by atoms with E-state index >= 15 is 4.39 Å². The lowest BCUT2D eigenvalue weighted by molar-refractivity contribution is -0.131. The van der Waals surface area contributed by atoms with Crippen LogP contribution in [0.4, 0.5) is 8.78 Å². The van der Waals surface area contributed by atoms with Crippen molar-refractivity contribution in [1.82, 2.24) is 9.88 Å². The zero-order chi connectivity index (χ0) is 25.0. The number of hydrogen-bond donors (Lipinski definition) is 1.